The van der Waals surface area contributed by atoms with Crippen molar-refractivity contribution in [2.24, 2.45) is 5.92 Å². The summed E-state index contributed by atoms with van der Waals surface area (Å²) in [5.74, 6) is 1.22. The topological polar surface area (TPSA) is 69.0 Å². The molecular weight excluding hydrogens is 570 g/mol. The molecule has 1 aliphatic heterocycles. The van der Waals surface area contributed by atoms with Crippen LogP contribution in [0.4, 0.5) is 5.69 Å². The van der Waals surface area contributed by atoms with Gasteiger partial charge in [0.15, 0.2) is 16.9 Å². The lowest BCUT2D eigenvalue weighted by atomic mass is 9.97. The lowest BCUT2D eigenvalue weighted by Gasteiger charge is -2.26. The number of halogens is 2. The summed E-state index contributed by atoms with van der Waals surface area (Å²) in [5.41, 5.74) is 2.47. The summed E-state index contributed by atoms with van der Waals surface area (Å²) in [4.78, 5) is 29.3. The van der Waals surface area contributed by atoms with Gasteiger partial charge >= 0.3 is 0 Å². The average Bonchev–Trinajstić information content (AvgIpc) is 3.18. The number of hydrogen-bond acceptors (Lipinski definition) is 5. The summed E-state index contributed by atoms with van der Waals surface area (Å²) in [7, 11) is 1.57. The maximum absolute atomic E-state index is 13.9. The highest BCUT2D eigenvalue weighted by Gasteiger charge is 2.44. The average molecular weight is 597 g/mol. The molecule has 196 valence electrons. The summed E-state index contributed by atoms with van der Waals surface area (Å²) in [6, 6.07) is 15.3. The number of carbonyl (C=O) groups excluding carboxylic acids is 1. The summed E-state index contributed by atoms with van der Waals surface area (Å²) in [6.45, 7) is 6.72. The summed E-state index contributed by atoms with van der Waals surface area (Å²) >= 11 is 9.89. The molecule has 4 aromatic rings. The largest absolute Gasteiger partial charge is 0.493 e. The van der Waals surface area contributed by atoms with Gasteiger partial charge in [-0.3, -0.25) is 14.5 Å². The van der Waals surface area contributed by atoms with Crippen molar-refractivity contribution in [1.82, 2.24) is 0 Å². The molecule has 0 saturated heterocycles. The maximum Gasteiger partial charge on any atom is 0.295 e. The number of nitrogens with zero attached hydrogens (tertiary/aromatic N) is 1. The van der Waals surface area contributed by atoms with E-state index < -0.39 is 11.9 Å². The van der Waals surface area contributed by atoms with Crippen LogP contribution in [0.15, 0.2) is 68.3 Å². The van der Waals surface area contributed by atoms with E-state index in [0.717, 1.165) is 16.5 Å². The normalized spacial score (nSPS) is 14.9. The SMILES string of the molecule is COc1cc(C2c3c(oc4ccc(Br)cc4c3=O)C(=O)N2c2ccc(C)c(Cl)c2)ccc1OCCC(C)C. The minimum atomic E-state index is -0.755. The van der Waals surface area contributed by atoms with E-state index in [9.17, 15) is 9.59 Å². The van der Waals surface area contributed by atoms with Crippen molar-refractivity contribution in [2.45, 2.75) is 33.2 Å². The van der Waals surface area contributed by atoms with Crippen LogP contribution in [0.2, 0.25) is 5.02 Å². The molecule has 1 atom stereocenters. The van der Waals surface area contributed by atoms with Gasteiger partial charge in [0.05, 0.1) is 30.7 Å². The predicted molar refractivity (Wildman–Crippen MR) is 153 cm³/mol. The molecule has 2 heterocycles. The Labute approximate surface area is 234 Å². The number of hydrogen-bond donors (Lipinski definition) is 0. The molecule has 38 heavy (non-hydrogen) atoms. The highest BCUT2D eigenvalue weighted by Crippen LogP contribution is 2.44. The lowest BCUT2D eigenvalue weighted by molar-refractivity contribution is 0.0971. The third kappa shape index (κ3) is 4.69. The summed E-state index contributed by atoms with van der Waals surface area (Å²) in [6.07, 6.45) is 0.904. The van der Waals surface area contributed by atoms with E-state index in [2.05, 4.69) is 29.8 Å². The van der Waals surface area contributed by atoms with Gasteiger partial charge in [0.25, 0.3) is 5.91 Å². The molecule has 0 spiro atoms. The van der Waals surface area contributed by atoms with Crippen molar-refractivity contribution in [2.75, 3.05) is 18.6 Å². The Morgan fingerprint density at radius 3 is 2.55 bits per heavy atom. The molecule has 8 heteroatoms. The first-order chi connectivity index (χ1) is 18.2. The van der Waals surface area contributed by atoms with Crippen molar-refractivity contribution in [3.8, 4) is 11.5 Å². The van der Waals surface area contributed by atoms with Crippen LogP contribution in [-0.4, -0.2) is 19.6 Å². The van der Waals surface area contributed by atoms with Crippen molar-refractivity contribution in [1.29, 1.82) is 0 Å². The molecule has 0 aliphatic carbocycles. The molecule has 1 aliphatic rings. The molecule has 0 saturated carbocycles. The van der Waals surface area contributed by atoms with Crippen molar-refractivity contribution in [3.05, 3.63) is 96.8 Å². The van der Waals surface area contributed by atoms with E-state index in [1.807, 2.05) is 37.3 Å². The number of ether oxygens (including phenoxy) is 2. The molecule has 1 aromatic heterocycles. The number of amides is 1. The fraction of sp³-hybridized carbons (Fsp3) is 0.267. The molecular formula is C30H27BrClNO5. The van der Waals surface area contributed by atoms with Crippen LogP contribution in [0.3, 0.4) is 0 Å². The number of anilines is 1. The smallest absolute Gasteiger partial charge is 0.295 e. The van der Waals surface area contributed by atoms with Gasteiger partial charge in [-0.05, 0) is 72.9 Å². The Bertz CT molecular complexity index is 1610. The van der Waals surface area contributed by atoms with E-state index in [1.165, 1.54) is 0 Å². The van der Waals surface area contributed by atoms with Crippen LogP contribution >= 0.6 is 27.5 Å². The number of carbonyl (C=O) groups is 1. The van der Waals surface area contributed by atoms with Gasteiger partial charge in [0.2, 0.25) is 5.76 Å². The summed E-state index contributed by atoms with van der Waals surface area (Å²) in [5, 5.41) is 0.908. The van der Waals surface area contributed by atoms with Crippen LogP contribution in [0.1, 0.15) is 53.6 Å². The molecule has 5 rings (SSSR count). The maximum atomic E-state index is 13.9. The highest BCUT2D eigenvalue weighted by molar-refractivity contribution is 9.10. The van der Waals surface area contributed by atoms with Gasteiger partial charge in [-0.1, -0.05) is 53.5 Å². The first-order valence-corrected chi connectivity index (χ1v) is 13.5. The van der Waals surface area contributed by atoms with E-state index in [1.54, 1.807) is 36.3 Å². The zero-order chi connectivity index (χ0) is 27.1. The Balaban J connectivity index is 1.70. The fourth-order valence-electron chi connectivity index (χ4n) is 4.64. The fourth-order valence-corrected chi connectivity index (χ4v) is 5.17. The van der Waals surface area contributed by atoms with Crippen molar-refractivity contribution in [3.63, 3.8) is 0 Å². The second-order valence-electron chi connectivity index (χ2n) is 9.77. The molecule has 0 radical (unpaired) electrons. The van der Waals surface area contributed by atoms with E-state index in [-0.39, 0.29) is 16.8 Å². The van der Waals surface area contributed by atoms with E-state index in [4.69, 9.17) is 25.5 Å². The molecule has 1 amide bonds. The first kappa shape index (κ1) is 26.3. The molecule has 0 fully saturated rings. The van der Waals surface area contributed by atoms with Crippen molar-refractivity contribution < 1.29 is 18.7 Å². The van der Waals surface area contributed by atoms with E-state index in [0.29, 0.717) is 51.3 Å². The second-order valence-corrected chi connectivity index (χ2v) is 11.1. The van der Waals surface area contributed by atoms with Crippen LogP contribution < -0.4 is 19.8 Å². The minimum Gasteiger partial charge on any atom is -0.493 e. The lowest BCUT2D eigenvalue weighted by Crippen LogP contribution is -2.29. The van der Waals surface area contributed by atoms with E-state index >= 15 is 0 Å². The predicted octanol–water partition coefficient (Wildman–Crippen LogP) is 7.70. The number of aryl methyl sites for hydroxylation is 1. The van der Waals surface area contributed by atoms with Gasteiger partial charge in [-0.15, -0.1) is 0 Å². The molecule has 6 nitrogen and oxygen atoms in total. The van der Waals surface area contributed by atoms with Crippen LogP contribution in [0, 0.1) is 12.8 Å². The number of benzene rings is 3. The zero-order valence-corrected chi connectivity index (χ0v) is 23.9. The van der Waals surface area contributed by atoms with Gasteiger partial charge in [-0.2, -0.15) is 0 Å². The number of methoxy groups -OCH3 is 1. The van der Waals surface area contributed by atoms with Crippen LogP contribution in [0.25, 0.3) is 11.0 Å². The third-order valence-electron chi connectivity index (χ3n) is 6.72. The Morgan fingerprint density at radius 2 is 1.84 bits per heavy atom. The van der Waals surface area contributed by atoms with Gasteiger partial charge in [0.1, 0.15) is 5.58 Å². The number of rotatable bonds is 7. The number of fused-ring (bicyclic) bond motifs is 2. The second kappa shape index (κ2) is 10.5. The van der Waals surface area contributed by atoms with Gasteiger partial charge in [0, 0.05) is 15.2 Å². The zero-order valence-electron chi connectivity index (χ0n) is 21.5. The van der Waals surface area contributed by atoms with Crippen LogP contribution in [-0.2, 0) is 0 Å². The minimum absolute atomic E-state index is 0.0164. The monoisotopic (exact) mass is 595 g/mol. The summed E-state index contributed by atoms with van der Waals surface area (Å²) < 4.78 is 18.4. The standard InChI is InChI=1S/C30H27BrClNO5/c1-16(2)11-12-37-24-9-6-18(13-25(24)36-4)27-26-28(34)21-14-19(31)7-10-23(21)38-29(26)30(35)33(27)20-8-5-17(3)22(32)15-20/h5-10,13-16,27H,11-12H2,1-4H3. The van der Waals surface area contributed by atoms with Crippen molar-refractivity contribution >= 4 is 50.1 Å². The third-order valence-corrected chi connectivity index (χ3v) is 7.62. The Hall–Kier alpha value is -3.29. The Kier molecular flexibility index (Phi) is 7.25. The molecule has 3 aromatic carbocycles. The Morgan fingerprint density at radius 1 is 1.05 bits per heavy atom. The first-order valence-electron chi connectivity index (χ1n) is 12.4. The quantitative estimate of drug-likeness (QED) is 0.219. The molecule has 1 unspecified atom stereocenters. The molecule has 0 N–H and O–H groups in total. The highest BCUT2D eigenvalue weighted by atomic mass is 79.9. The van der Waals surface area contributed by atoms with Crippen LogP contribution in [0.5, 0.6) is 11.5 Å². The van der Waals surface area contributed by atoms with Gasteiger partial charge in [-0.25, -0.2) is 0 Å². The molecule has 0 bridgehead atoms. The van der Waals surface area contributed by atoms with Gasteiger partial charge < -0.3 is 13.9 Å².